The van der Waals surface area contributed by atoms with E-state index in [1.54, 1.807) is 6.08 Å². The molecule has 0 saturated carbocycles. The standard InChI is InChI=1S/C76H147NO5/c1-3-5-7-9-11-13-15-17-19-21-38-42-46-50-54-58-62-66-70-76(81)82-71-67-63-59-55-51-47-43-39-35-33-31-29-27-25-23-22-24-26-28-30-32-34-37-41-45-49-53-57-61-65-69-75(80)77-73(72-78)74(79)68-64-60-56-52-48-44-40-36-20-18-16-14-12-10-8-6-4-2/h19,21,64,68,73-74,78-79H,3-18,20,22-63,65-67,69-72H2,1-2H3,(H,77,80)/b21-19-,68-64+. The zero-order chi connectivity index (χ0) is 59.2. The number of aliphatic hydroxyl groups is 2. The summed E-state index contributed by atoms with van der Waals surface area (Å²) in [6.07, 6.45) is 91.4. The van der Waals surface area contributed by atoms with Gasteiger partial charge >= 0.3 is 5.97 Å². The maximum absolute atomic E-state index is 12.5. The second-order valence-electron chi connectivity index (χ2n) is 26.0. The first-order valence-corrected chi connectivity index (χ1v) is 37.6. The average Bonchev–Trinajstić information content (AvgIpc) is 3.48. The van der Waals surface area contributed by atoms with Gasteiger partial charge in [-0.25, -0.2) is 0 Å². The lowest BCUT2D eigenvalue weighted by atomic mass is 10.0. The molecule has 0 bridgehead atoms. The number of nitrogens with one attached hydrogen (secondary N) is 1. The van der Waals surface area contributed by atoms with Crippen molar-refractivity contribution in [1.29, 1.82) is 0 Å². The summed E-state index contributed by atoms with van der Waals surface area (Å²) in [5.41, 5.74) is 0. The zero-order valence-corrected chi connectivity index (χ0v) is 55.8. The quantitative estimate of drug-likeness (QED) is 0.0320. The summed E-state index contributed by atoms with van der Waals surface area (Å²) in [6, 6.07) is -0.625. The van der Waals surface area contributed by atoms with Crippen molar-refractivity contribution in [2.45, 2.75) is 437 Å². The van der Waals surface area contributed by atoms with Crippen LogP contribution in [0.3, 0.4) is 0 Å². The van der Waals surface area contributed by atoms with E-state index in [0.29, 0.717) is 19.4 Å². The van der Waals surface area contributed by atoms with Crippen LogP contribution in [-0.4, -0.2) is 47.4 Å². The highest BCUT2D eigenvalue weighted by molar-refractivity contribution is 5.76. The lowest BCUT2D eigenvalue weighted by Gasteiger charge is -2.20. The van der Waals surface area contributed by atoms with Gasteiger partial charge in [0.25, 0.3) is 0 Å². The molecule has 6 nitrogen and oxygen atoms in total. The minimum atomic E-state index is -0.842. The highest BCUT2D eigenvalue weighted by Crippen LogP contribution is 2.19. The van der Waals surface area contributed by atoms with Gasteiger partial charge in [0.15, 0.2) is 0 Å². The molecule has 0 aromatic rings. The summed E-state index contributed by atoms with van der Waals surface area (Å²) >= 11 is 0. The van der Waals surface area contributed by atoms with Crippen LogP contribution in [-0.2, 0) is 14.3 Å². The second-order valence-corrected chi connectivity index (χ2v) is 26.0. The number of carbonyl (C=O) groups is 2. The molecule has 0 heterocycles. The minimum Gasteiger partial charge on any atom is -0.466 e. The molecule has 0 rings (SSSR count). The first-order chi connectivity index (χ1) is 40.5. The summed E-state index contributed by atoms with van der Waals surface area (Å²) in [7, 11) is 0. The molecule has 0 aliphatic rings. The van der Waals surface area contributed by atoms with Crippen LogP contribution in [0.5, 0.6) is 0 Å². The fraction of sp³-hybridized carbons (Fsp3) is 0.921. The molecule has 0 spiro atoms. The Labute approximate surface area is 513 Å². The topological polar surface area (TPSA) is 95.9 Å². The molecule has 82 heavy (non-hydrogen) atoms. The van der Waals surface area contributed by atoms with Crippen molar-refractivity contribution in [1.82, 2.24) is 5.32 Å². The molecule has 1 amide bonds. The smallest absolute Gasteiger partial charge is 0.305 e. The van der Waals surface area contributed by atoms with E-state index in [1.807, 2.05) is 6.08 Å². The van der Waals surface area contributed by atoms with Crippen molar-refractivity contribution in [3.05, 3.63) is 24.3 Å². The number of aliphatic hydroxyl groups excluding tert-OH is 2. The van der Waals surface area contributed by atoms with Gasteiger partial charge in [0.1, 0.15) is 0 Å². The molecule has 0 aromatic heterocycles. The molecule has 0 aliphatic heterocycles. The van der Waals surface area contributed by atoms with Crippen molar-refractivity contribution in [3.63, 3.8) is 0 Å². The Bertz CT molecular complexity index is 1280. The van der Waals surface area contributed by atoms with Gasteiger partial charge in [-0.05, 0) is 57.8 Å². The Morgan fingerprint density at radius 3 is 0.866 bits per heavy atom. The number of amides is 1. The molecular formula is C76H147NO5. The van der Waals surface area contributed by atoms with Gasteiger partial charge in [-0.3, -0.25) is 9.59 Å². The molecule has 486 valence electrons. The van der Waals surface area contributed by atoms with Crippen molar-refractivity contribution < 1.29 is 24.5 Å². The van der Waals surface area contributed by atoms with Crippen molar-refractivity contribution >= 4 is 11.9 Å². The van der Waals surface area contributed by atoms with E-state index in [4.69, 9.17) is 4.74 Å². The number of unbranched alkanes of at least 4 members (excludes halogenated alkanes) is 58. The van der Waals surface area contributed by atoms with Gasteiger partial charge in [-0.1, -0.05) is 378 Å². The third kappa shape index (κ3) is 67.5. The maximum Gasteiger partial charge on any atom is 0.305 e. The molecular weight excluding hydrogens is 1010 g/mol. The van der Waals surface area contributed by atoms with Gasteiger partial charge < -0.3 is 20.3 Å². The minimum absolute atomic E-state index is 0.0178. The number of hydrogen-bond donors (Lipinski definition) is 3. The Kier molecular flexibility index (Phi) is 70.4. The van der Waals surface area contributed by atoms with Crippen LogP contribution in [0.1, 0.15) is 425 Å². The second kappa shape index (κ2) is 71.8. The van der Waals surface area contributed by atoms with Gasteiger partial charge in [-0.15, -0.1) is 0 Å². The normalized spacial score (nSPS) is 12.6. The zero-order valence-electron chi connectivity index (χ0n) is 55.8. The number of esters is 1. The van der Waals surface area contributed by atoms with Crippen LogP contribution in [0, 0.1) is 0 Å². The molecule has 2 atom stereocenters. The van der Waals surface area contributed by atoms with E-state index in [9.17, 15) is 19.8 Å². The lowest BCUT2D eigenvalue weighted by Crippen LogP contribution is -2.45. The number of rotatable bonds is 71. The van der Waals surface area contributed by atoms with E-state index >= 15 is 0 Å². The average molecular weight is 1160 g/mol. The fourth-order valence-corrected chi connectivity index (χ4v) is 12.0. The largest absolute Gasteiger partial charge is 0.466 e. The lowest BCUT2D eigenvalue weighted by molar-refractivity contribution is -0.143. The summed E-state index contributed by atoms with van der Waals surface area (Å²) in [6.45, 7) is 4.95. The summed E-state index contributed by atoms with van der Waals surface area (Å²) in [5.74, 6) is -0.0428. The molecule has 0 fully saturated rings. The highest BCUT2D eigenvalue weighted by atomic mass is 16.5. The van der Waals surface area contributed by atoms with Gasteiger partial charge in [-0.2, -0.15) is 0 Å². The molecule has 0 aliphatic carbocycles. The van der Waals surface area contributed by atoms with E-state index < -0.39 is 12.1 Å². The van der Waals surface area contributed by atoms with Crippen LogP contribution in [0.2, 0.25) is 0 Å². The number of allylic oxidation sites excluding steroid dienone is 3. The summed E-state index contributed by atoms with van der Waals surface area (Å²) < 4.78 is 5.51. The van der Waals surface area contributed by atoms with Crippen molar-refractivity contribution in [2.24, 2.45) is 0 Å². The number of ether oxygens (including phenoxy) is 1. The number of hydrogen-bond acceptors (Lipinski definition) is 5. The van der Waals surface area contributed by atoms with E-state index in [0.717, 1.165) is 44.9 Å². The van der Waals surface area contributed by atoms with Gasteiger partial charge in [0.2, 0.25) is 5.91 Å². The highest BCUT2D eigenvalue weighted by Gasteiger charge is 2.18. The molecule has 6 heteroatoms. The fourth-order valence-electron chi connectivity index (χ4n) is 12.0. The molecule has 3 N–H and O–H groups in total. The first-order valence-electron chi connectivity index (χ1n) is 37.6. The van der Waals surface area contributed by atoms with Crippen LogP contribution in [0.15, 0.2) is 24.3 Å². The van der Waals surface area contributed by atoms with Gasteiger partial charge in [0.05, 0.1) is 25.4 Å². The molecule has 0 radical (unpaired) electrons. The predicted molar refractivity (Wildman–Crippen MR) is 361 cm³/mol. The van der Waals surface area contributed by atoms with E-state index in [2.05, 4.69) is 31.3 Å². The summed E-state index contributed by atoms with van der Waals surface area (Å²) in [4.78, 5) is 24.6. The maximum atomic E-state index is 12.5. The molecule has 0 aromatic carbocycles. The predicted octanol–water partition coefficient (Wildman–Crippen LogP) is 24.5. The van der Waals surface area contributed by atoms with Gasteiger partial charge in [0, 0.05) is 12.8 Å². The third-order valence-corrected chi connectivity index (χ3v) is 17.7. The van der Waals surface area contributed by atoms with Crippen molar-refractivity contribution in [2.75, 3.05) is 13.2 Å². The van der Waals surface area contributed by atoms with Crippen LogP contribution >= 0.6 is 0 Å². The van der Waals surface area contributed by atoms with Crippen LogP contribution in [0.25, 0.3) is 0 Å². The van der Waals surface area contributed by atoms with E-state index in [-0.39, 0.29) is 18.5 Å². The molecule has 2 unspecified atom stereocenters. The van der Waals surface area contributed by atoms with Crippen LogP contribution < -0.4 is 5.32 Å². The Morgan fingerprint density at radius 1 is 0.329 bits per heavy atom. The monoisotopic (exact) mass is 1150 g/mol. The first kappa shape index (κ1) is 80.3. The Balaban J connectivity index is 3.34. The third-order valence-electron chi connectivity index (χ3n) is 17.7. The summed E-state index contributed by atoms with van der Waals surface area (Å²) in [5, 5.41) is 23.2. The SMILES string of the molecule is CCCCCCCCC/C=C\CCCCCCCCCC(=O)OCCCCCCCCCCCCCCCCCCCCCCCCCCCCCCCCC(=O)NC(CO)C(O)/C=C/CCCCCCCCCCCCCCCCC. The van der Waals surface area contributed by atoms with Crippen molar-refractivity contribution in [3.8, 4) is 0 Å². The molecule has 0 saturated heterocycles. The van der Waals surface area contributed by atoms with Crippen LogP contribution in [0.4, 0.5) is 0 Å². The Hall–Kier alpha value is -1.66. The van der Waals surface area contributed by atoms with E-state index in [1.165, 1.54) is 353 Å². The Morgan fingerprint density at radius 2 is 0.573 bits per heavy atom. The number of carbonyl (C=O) groups excluding carboxylic acids is 2.